The van der Waals surface area contributed by atoms with Gasteiger partial charge >= 0.3 is 0 Å². The van der Waals surface area contributed by atoms with E-state index >= 15 is 0 Å². The highest BCUT2D eigenvalue weighted by Gasteiger charge is 2.45. The summed E-state index contributed by atoms with van der Waals surface area (Å²) in [4.78, 5) is 14.4. The van der Waals surface area contributed by atoms with Gasteiger partial charge in [0.1, 0.15) is 0 Å². The molecule has 1 aromatic rings. The molecule has 0 aromatic heterocycles. The van der Waals surface area contributed by atoms with Gasteiger partial charge < -0.3 is 11.1 Å². The predicted molar refractivity (Wildman–Crippen MR) is 81.3 cm³/mol. The summed E-state index contributed by atoms with van der Waals surface area (Å²) in [5, 5.41) is 3.03. The third-order valence-corrected chi connectivity index (χ3v) is 4.13. The van der Waals surface area contributed by atoms with Crippen molar-refractivity contribution in [3.63, 3.8) is 0 Å². The van der Waals surface area contributed by atoms with Gasteiger partial charge in [-0.2, -0.15) is 0 Å². The van der Waals surface area contributed by atoms with Crippen LogP contribution in [0.25, 0.3) is 0 Å². The highest BCUT2D eigenvalue weighted by Crippen LogP contribution is 2.32. The number of benzene rings is 1. The fraction of sp³-hybridized carbons (Fsp3) is 0.562. The van der Waals surface area contributed by atoms with E-state index in [4.69, 9.17) is 5.73 Å². The molecule has 2 rings (SSSR count). The Morgan fingerprint density at radius 3 is 2.40 bits per heavy atom. The number of likely N-dealkylation sites (N-methyl/N-ethyl adjacent to an activating group) is 1. The molecule has 1 atom stereocenters. The van der Waals surface area contributed by atoms with Crippen LogP contribution in [0.4, 0.5) is 0 Å². The van der Waals surface area contributed by atoms with Crippen LogP contribution in [-0.2, 0) is 4.79 Å². The second kappa shape index (κ2) is 6.37. The number of nitrogens with zero attached hydrogens (tertiary/aromatic N) is 1. The predicted octanol–water partition coefficient (Wildman–Crippen LogP) is 1.68. The minimum absolute atomic E-state index is 0.00872. The van der Waals surface area contributed by atoms with Crippen LogP contribution in [0.5, 0.6) is 0 Å². The van der Waals surface area contributed by atoms with Crippen LogP contribution in [0.3, 0.4) is 0 Å². The number of nitrogens with two attached hydrogens (primary N) is 1. The number of carbonyl (C=O) groups excluding carboxylic acids is 1. The molecule has 1 saturated carbocycles. The molecule has 0 aliphatic heterocycles. The monoisotopic (exact) mass is 275 g/mol. The Morgan fingerprint density at radius 1 is 1.30 bits per heavy atom. The van der Waals surface area contributed by atoms with Gasteiger partial charge in [-0.15, -0.1) is 0 Å². The molecular weight excluding hydrogens is 250 g/mol. The van der Waals surface area contributed by atoms with Crippen LogP contribution < -0.4 is 11.1 Å². The first-order chi connectivity index (χ1) is 9.60. The largest absolute Gasteiger partial charge is 0.353 e. The first-order valence-electron chi connectivity index (χ1n) is 7.47. The van der Waals surface area contributed by atoms with Gasteiger partial charge in [-0.05, 0) is 31.5 Å². The molecule has 3 N–H and O–H groups in total. The molecule has 0 radical (unpaired) electrons. The summed E-state index contributed by atoms with van der Waals surface area (Å²) < 4.78 is 0. The fourth-order valence-electron chi connectivity index (χ4n) is 2.52. The summed E-state index contributed by atoms with van der Waals surface area (Å²) in [6.07, 6.45) is 1.61. The standard InChI is InChI=1S/C16H25N3O/c1-3-19(4-2)14(13-8-6-5-7-9-13)12-18-15(20)16(17)10-11-16/h5-9,14H,3-4,10-12,17H2,1-2H3,(H,18,20). The van der Waals surface area contributed by atoms with Crippen LogP contribution in [0, 0.1) is 0 Å². The second-order valence-electron chi connectivity index (χ2n) is 5.51. The van der Waals surface area contributed by atoms with Crippen molar-refractivity contribution in [1.82, 2.24) is 10.2 Å². The molecule has 1 amide bonds. The molecule has 1 aliphatic rings. The Morgan fingerprint density at radius 2 is 1.90 bits per heavy atom. The molecule has 0 bridgehead atoms. The Hall–Kier alpha value is -1.39. The van der Waals surface area contributed by atoms with E-state index in [-0.39, 0.29) is 11.9 Å². The van der Waals surface area contributed by atoms with E-state index in [2.05, 4.69) is 36.2 Å². The number of hydrogen-bond donors (Lipinski definition) is 2. The molecule has 1 unspecified atom stereocenters. The SMILES string of the molecule is CCN(CC)C(CNC(=O)C1(N)CC1)c1ccccc1. The molecule has 0 spiro atoms. The lowest BCUT2D eigenvalue weighted by atomic mass is 10.0. The third kappa shape index (κ3) is 3.38. The molecule has 110 valence electrons. The van der Waals surface area contributed by atoms with Gasteiger partial charge in [0.05, 0.1) is 11.6 Å². The van der Waals surface area contributed by atoms with Gasteiger partial charge in [0.2, 0.25) is 5.91 Å². The summed E-state index contributed by atoms with van der Waals surface area (Å²) in [5.41, 5.74) is 6.57. The van der Waals surface area contributed by atoms with Crippen molar-refractivity contribution in [1.29, 1.82) is 0 Å². The zero-order valence-electron chi connectivity index (χ0n) is 12.4. The van der Waals surface area contributed by atoms with Gasteiger partial charge in [0, 0.05) is 6.54 Å². The molecule has 1 aromatic carbocycles. The van der Waals surface area contributed by atoms with Crippen molar-refractivity contribution < 1.29 is 4.79 Å². The van der Waals surface area contributed by atoms with E-state index in [9.17, 15) is 4.79 Å². The maximum Gasteiger partial charge on any atom is 0.240 e. The van der Waals surface area contributed by atoms with E-state index in [0.717, 1.165) is 25.9 Å². The zero-order chi connectivity index (χ0) is 14.6. The molecule has 1 aliphatic carbocycles. The van der Waals surface area contributed by atoms with Crippen molar-refractivity contribution in [2.75, 3.05) is 19.6 Å². The van der Waals surface area contributed by atoms with E-state index in [1.807, 2.05) is 18.2 Å². The lowest BCUT2D eigenvalue weighted by Gasteiger charge is -2.30. The van der Waals surface area contributed by atoms with Crippen molar-refractivity contribution in [2.24, 2.45) is 5.73 Å². The highest BCUT2D eigenvalue weighted by molar-refractivity contribution is 5.88. The van der Waals surface area contributed by atoms with Crippen molar-refractivity contribution in [2.45, 2.75) is 38.3 Å². The number of rotatable bonds is 7. The zero-order valence-corrected chi connectivity index (χ0v) is 12.4. The Labute approximate surface area is 121 Å². The normalized spacial score (nSPS) is 17.8. The maximum absolute atomic E-state index is 12.0. The molecule has 0 saturated heterocycles. The Kier molecular flexibility index (Phi) is 4.78. The molecular formula is C16H25N3O. The summed E-state index contributed by atoms with van der Waals surface area (Å²) in [5.74, 6) is -0.00872. The average Bonchev–Trinajstić information content (AvgIpc) is 3.23. The quantitative estimate of drug-likeness (QED) is 0.796. The van der Waals surface area contributed by atoms with Crippen molar-refractivity contribution >= 4 is 5.91 Å². The summed E-state index contributed by atoms with van der Waals surface area (Å²) in [7, 11) is 0. The Bertz CT molecular complexity index is 438. The molecule has 20 heavy (non-hydrogen) atoms. The van der Waals surface area contributed by atoms with E-state index < -0.39 is 5.54 Å². The topological polar surface area (TPSA) is 58.4 Å². The number of hydrogen-bond acceptors (Lipinski definition) is 3. The van der Waals surface area contributed by atoms with E-state index in [0.29, 0.717) is 6.54 Å². The average molecular weight is 275 g/mol. The summed E-state index contributed by atoms with van der Waals surface area (Å²) in [6.45, 7) is 6.82. The van der Waals surface area contributed by atoms with Gasteiger partial charge in [-0.3, -0.25) is 9.69 Å². The number of nitrogens with one attached hydrogen (secondary N) is 1. The van der Waals surface area contributed by atoms with Crippen molar-refractivity contribution in [3.05, 3.63) is 35.9 Å². The number of amides is 1. The lowest BCUT2D eigenvalue weighted by Crippen LogP contribution is -2.46. The number of carbonyl (C=O) groups is 1. The first kappa shape index (κ1) is 15.0. The van der Waals surface area contributed by atoms with E-state index in [1.54, 1.807) is 0 Å². The van der Waals surface area contributed by atoms with Crippen LogP contribution in [-0.4, -0.2) is 36.0 Å². The Balaban J connectivity index is 2.05. The molecule has 4 nitrogen and oxygen atoms in total. The van der Waals surface area contributed by atoms with Crippen LogP contribution >= 0.6 is 0 Å². The lowest BCUT2D eigenvalue weighted by molar-refractivity contribution is -0.123. The van der Waals surface area contributed by atoms with Gasteiger partial charge in [-0.1, -0.05) is 44.2 Å². The maximum atomic E-state index is 12.0. The highest BCUT2D eigenvalue weighted by atomic mass is 16.2. The van der Waals surface area contributed by atoms with Crippen molar-refractivity contribution in [3.8, 4) is 0 Å². The van der Waals surface area contributed by atoms with Gasteiger partial charge in [0.15, 0.2) is 0 Å². The smallest absolute Gasteiger partial charge is 0.240 e. The van der Waals surface area contributed by atoms with Crippen LogP contribution in [0.2, 0.25) is 0 Å². The first-order valence-corrected chi connectivity index (χ1v) is 7.47. The second-order valence-corrected chi connectivity index (χ2v) is 5.51. The third-order valence-electron chi connectivity index (χ3n) is 4.13. The fourth-order valence-corrected chi connectivity index (χ4v) is 2.52. The molecule has 4 heteroatoms. The minimum atomic E-state index is -0.593. The van der Waals surface area contributed by atoms with Gasteiger partial charge in [-0.25, -0.2) is 0 Å². The van der Waals surface area contributed by atoms with E-state index in [1.165, 1.54) is 5.56 Å². The van der Waals surface area contributed by atoms with Crippen LogP contribution in [0.1, 0.15) is 38.3 Å². The molecule has 1 fully saturated rings. The summed E-state index contributed by atoms with van der Waals surface area (Å²) in [6, 6.07) is 10.5. The van der Waals surface area contributed by atoms with Crippen LogP contribution in [0.15, 0.2) is 30.3 Å². The van der Waals surface area contributed by atoms with Gasteiger partial charge in [0.25, 0.3) is 0 Å². The minimum Gasteiger partial charge on any atom is -0.353 e. The molecule has 0 heterocycles. The summed E-state index contributed by atoms with van der Waals surface area (Å²) >= 11 is 0.